The van der Waals surface area contributed by atoms with Crippen LogP contribution in [-0.2, 0) is 4.79 Å². The zero-order valence-electron chi connectivity index (χ0n) is 9.66. The van der Waals surface area contributed by atoms with Gasteiger partial charge in [0.05, 0.1) is 0 Å². The Kier molecular flexibility index (Phi) is 6.37. The second kappa shape index (κ2) is 7.56. The molecule has 0 saturated heterocycles. The van der Waals surface area contributed by atoms with Crippen molar-refractivity contribution in [2.45, 2.75) is 6.92 Å². The minimum atomic E-state index is -0.0121. The highest BCUT2D eigenvalue weighted by Gasteiger charge is 2.11. The minimum absolute atomic E-state index is 0.0121. The van der Waals surface area contributed by atoms with Crippen LogP contribution in [0.2, 0.25) is 5.02 Å². The number of carbonyl (C=O) groups excluding carboxylic acids is 1. The number of benzene rings is 1. The Labute approximate surface area is 115 Å². The molecule has 0 heterocycles. The van der Waals surface area contributed by atoms with Crippen molar-refractivity contribution in [2.24, 2.45) is 0 Å². The van der Waals surface area contributed by atoms with Crippen molar-refractivity contribution in [3.8, 4) is 5.75 Å². The van der Waals surface area contributed by atoms with Gasteiger partial charge in [-0.2, -0.15) is 0 Å². The van der Waals surface area contributed by atoms with Gasteiger partial charge in [0.2, 0.25) is 0 Å². The first kappa shape index (κ1) is 14.3. The van der Waals surface area contributed by atoms with Gasteiger partial charge in [0.1, 0.15) is 5.75 Å². The summed E-state index contributed by atoms with van der Waals surface area (Å²) in [6.45, 7) is 3.39. The Morgan fingerprint density at radius 1 is 1.41 bits per heavy atom. The fraction of sp³-hybridized carbons (Fsp3) is 0.417. The molecule has 1 amide bonds. The molecule has 0 radical (unpaired) electrons. The third kappa shape index (κ3) is 4.96. The van der Waals surface area contributed by atoms with Crippen molar-refractivity contribution in [3.63, 3.8) is 0 Å². The van der Waals surface area contributed by atoms with E-state index in [1.807, 2.05) is 6.92 Å². The first-order valence-electron chi connectivity index (χ1n) is 5.39. The van der Waals surface area contributed by atoms with Crippen molar-refractivity contribution in [1.29, 1.82) is 0 Å². The first-order chi connectivity index (χ1) is 8.17. The molecule has 0 aliphatic rings. The zero-order chi connectivity index (χ0) is 12.7. The summed E-state index contributed by atoms with van der Waals surface area (Å²) in [5, 5.41) is 1.42. The molecule has 0 aliphatic heterocycles. The molecule has 3 nitrogen and oxygen atoms in total. The standard InChI is InChI=1S/C12H15BrClNO2/c1-2-15(8-7-13)12(16)9-17-11-5-3-10(14)4-6-11/h3-6H,2,7-9H2,1H3. The van der Waals surface area contributed by atoms with Crippen LogP contribution in [0, 0.1) is 0 Å². The quantitative estimate of drug-likeness (QED) is 0.754. The number of alkyl halides is 1. The van der Waals surface area contributed by atoms with Gasteiger partial charge in [-0.05, 0) is 31.2 Å². The number of ether oxygens (including phenoxy) is 1. The molecule has 17 heavy (non-hydrogen) atoms. The fourth-order valence-corrected chi connectivity index (χ4v) is 1.88. The Bertz CT molecular complexity index is 356. The van der Waals surface area contributed by atoms with Crippen LogP contribution in [0.15, 0.2) is 24.3 Å². The number of nitrogens with zero attached hydrogens (tertiary/aromatic N) is 1. The summed E-state index contributed by atoms with van der Waals surface area (Å²) in [4.78, 5) is 13.5. The molecule has 0 spiro atoms. The lowest BCUT2D eigenvalue weighted by Crippen LogP contribution is -2.36. The van der Waals surface area contributed by atoms with Gasteiger partial charge in [-0.25, -0.2) is 0 Å². The van der Waals surface area contributed by atoms with Gasteiger partial charge < -0.3 is 9.64 Å². The van der Waals surface area contributed by atoms with Gasteiger partial charge in [0, 0.05) is 23.4 Å². The highest BCUT2D eigenvalue weighted by atomic mass is 79.9. The number of amides is 1. The van der Waals surface area contributed by atoms with E-state index in [-0.39, 0.29) is 12.5 Å². The van der Waals surface area contributed by atoms with Crippen molar-refractivity contribution in [2.75, 3.05) is 25.0 Å². The predicted molar refractivity (Wildman–Crippen MR) is 73.0 cm³/mol. The summed E-state index contributed by atoms with van der Waals surface area (Å²) in [5.74, 6) is 0.638. The lowest BCUT2D eigenvalue weighted by atomic mass is 10.3. The molecular formula is C12H15BrClNO2. The number of hydrogen-bond acceptors (Lipinski definition) is 2. The summed E-state index contributed by atoms with van der Waals surface area (Å²) in [6.07, 6.45) is 0. The minimum Gasteiger partial charge on any atom is -0.484 e. The average molecular weight is 321 g/mol. The molecule has 0 bridgehead atoms. The zero-order valence-corrected chi connectivity index (χ0v) is 12.0. The molecule has 94 valence electrons. The monoisotopic (exact) mass is 319 g/mol. The van der Waals surface area contributed by atoms with E-state index in [2.05, 4.69) is 15.9 Å². The molecule has 0 N–H and O–H groups in total. The second-order valence-corrected chi connectivity index (χ2v) is 4.63. The van der Waals surface area contributed by atoms with E-state index in [9.17, 15) is 4.79 Å². The summed E-state index contributed by atoms with van der Waals surface area (Å²) in [6, 6.07) is 6.96. The molecule has 0 unspecified atom stereocenters. The molecule has 0 atom stereocenters. The fourth-order valence-electron chi connectivity index (χ4n) is 1.33. The molecule has 1 rings (SSSR count). The van der Waals surface area contributed by atoms with Crippen LogP contribution in [0.3, 0.4) is 0 Å². The lowest BCUT2D eigenvalue weighted by Gasteiger charge is -2.19. The maximum atomic E-state index is 11.8. The van der Waals surface area contributed by atoms with Crippen LogP contribution in [0.5, 0.6) is 5.75 Å². The SMILES string of the molecule is CCN(CCBr)C(=O)COc1ccc(Cl)cc1. The van der Waals surface area contributed by atoms with Crippen LogP contribution >= 0.6 is 27.5 Å². The Morgan fingerprint density at radius 2 is 2.06 bits per heavy atom. The molecule has 0 aromatic heterocycles. The molecule has 0 fully saturated rings. The van der Waals surface area contributed by atoms with Gasteiger partial charge in [-0.15, -0.1) is 0 Å². The number of hydrogen-bond donors (Lipinski definition) is 0. The lowest BCUT2D eigenvalue weighted by molar-refractivity contribution is -0.132. The van der Waals surface area contributed by atoms with Gasteiger partial charge >= 0.3 is 0 Å². The number of halogens is 2. The third-order valence-corrected chi connectivity index (χ3v) is 2.87. The van der Waals surface area contributed by atoms with E-state index in [1.54, 1.807) is 29.2 Å². The van der Waals surface area contributed by atoms with Gasteiger partial charge in [0.15, 0.2) is 6.61 Å². The molecule has 1 aromatic rings. The third-order valence-electron chi connectivity index (χ3n) is 2.26. The van der Waals surface area contributed by atoms with Gasteiger partial charge in [0.25, 0.3) is 5.91 Å². The number of likely N-dealkylation sites (N-methyl/N-ethyl adjacent to an activating group) is 1. The van der Waals surface area contributed by atoms with Crippen LogP contribution in [0.4, 0.5) is 0 Å². The maximum Gasteiger partial charge on any atom is 0.260 e. The molecular weight excluding hydrogens is 305 g/mol. The topological polar surface area (TPSA) is 29.5 Å². The summed E-state index contributed by atoms with van der Waals surface area (Å²) in [7, 11) is 0. The molecule has 0 saturated carbocycles. The highest BCUT2D eigenvalue weighted by Crippen LogP contribution is 2.15. The first-order valence-corrected chi connectivity index (χ1v) is 6.89. The van der Waals surface area contributed by atoms with E-state index in [4.69, 9.17) is 16.3 Å². The van der Waals surface area contributed by atoms with Gasteiger partial charge in [-0.1, -0.05) is 27.5 Å². The van der Waals surface area contributed by atoms with Crippen LogP contribution < -0.4 is 4.74 Å². The van der Waals surface area contributed by atoms with E-state index >= 15 is 0 Å². The Balaban J connectivity index is 2.44. The Hall–Kier alpha value is -0.740. The molecule has 1 aromatic carbocycles. The largest absolute Gasteiger partial charge is 0.484 e. The second-order valence-electron chi connectivity index (χ2n) is 3.40. The van der Waals surface area contributed by atoms with E-state index < -0.39 is 0 Å². The Morgan fingerprint density at radius 3 is 2.59 bits per heavy atom. The van der Waals surface area contributed by atoms with Crippen LogP contribution in [0.25, 0.3) is 0 Å². The van der Waals surface area contributed by atoms with Crippen molar-refractivity contribution in [3.05, 3.63) is 29.3 Å². The van der Waals surface area contributed by atoms with Gasteiger partial charge in [-0.3, -0.25) is 4.79 Å². The van der Waals surface area contributed by atoms with Crippen molar-refractivity contribution in [1.82, 2.24) is 4.90 Å². The summed E-state index contributed by atoms with van der Waals surface area (Å²) >= 11 is 9.07. The van der Waals surface area contributed by atoms with Crippen molar-refractivity contribution < 1.29 is 9.53 Å². The summed E-state index contributed by atoms with van der Waals surface area (Å²) in [5.41, 5.74) is 0. The summed E-state index contributed by atoms with van der Waals surface area (Å²) < 4.78 is 5.39. The van der Waals surface area contributed by atoms with Crippen LogP contribution in [0.1, 0.15) is 6.92 Å². The normalized spacial score (nSPS) is 10.1. The van der Waals surface area contributed by atoms with E-state index in [0.29, 0.717) is 23.9 Å². The smallest absolute Gasteiger partial charge is 0.260 e. The number of rotatable bonds is 6. The predicted octanol–water partition coefficient (Wildman–Crippen LogP) is 2.96. The van der Waals surface area contributed by atoms with E-state index in [1.165, 1.54) is 0 Å². The average Bonchev–Trinajstić information content (AvgIpc) is 2.35. The van der Waals surface area contributed by atoms with E-state index in [0.717, 1.165) is 5.33 Å². The van der Waals surface area contributed by atoms with Crippen molar-refractivity contribution >= 4 is 33.4 Å². The van der Waals surface area contributed by atoms with Crippen LogP contribution in [-0.4, -0.2) is 35.8 Å². The maximum absolute atomic E-state index is 11.8. The molecule has 5 heteroatoms. The highest BCUT2D eigenvalue weighted by molar-refractivity contribution is 9.09. The number of carbonyl (C=O) groups is 1. The molecule has 0 aliphatic carbocycles.